The molecule has 0 heterocycles. The van der Waals surface area contributed by atoms with Crippen molar-refractivity contribution in [3.05, 3.63) is 0 Å². The Morgan fingerprint density at radius 2 is 1.83 bits per heavy atom. The van der Waals surface area contributed by atoms with Crippen LogP contribution in [0.3, 0.4) is 0 Å². The molecule has 0 aliphatic carbocycles. The molecule has 0 bridgehead atoms. The molecule has 2 N–H and O–H groups in total. The van der Waals surface area contributed by atoms with Crippen molar-refractivity contribution < 1.29 is 0 Å². The van der Waals surface area contributed by atoms with E-state index in [2.05, 4.69) is 0 Å². The molecule has 0 spiro atoms. The van der Waals surface area contributed by atoms with Crippen LogP contribution < -0.4 is 5.73 Å². The first-order valence-electron chi connectivity index (χ1n) is 1.91. The Morgan fingerprint density at radius 1 is 1.67 bits per heavy atom. The number of hydrogen-bond acceptors (Lipinski definition) is 1. The Labute approximate surface area is 40.9 Å². The van der Waals surface area contributed by atoms with E-state index in [1.165, 1.54) is 7.17 Å². The lowest BCUT2D eigenvalue weighted by Crippen LogP contribution is -2.39. The predicted octanol–water partition coefficient (Wildman–Crippen LogP) is -0.531. The molecule has 0 saturated heterocycles. The quantitative estimate of drug-likeness (QED) is 0.421. The van der Waals surface area contributed by atoms with E-state index in [0.29, 0.717) is 0 Å². The summed E-state index contributed by atoms with van der Waals surface area (Å²) in [5, 5.41) is 0. The molecular weight excluding hydrogens is 71.7 g/mol. The monoisotopic (exact) mass is 80.1 g/mol. The van der Waals surface area contributed by atoms with E-state index in [1.54, 1.807) is 0 Å². The van der Waals surface area contributed by atoms with Gasteiger partial charge >= 0.3 is 0 Å². The molecule has 0 rings (SSSR count). The minimum absolute atomic E-state index is 0.306. The SMILES string of the molecule is [B][B]C(C)(C)N. The lowest BCUT2D eigenvalue weighted by atomic mass is 9.44. The van der Waals surface area contributed by atoms with Crippen LogP contribution in [0, 0.1) is 0 Å². The van der Waals surface area contributed by atoms with Crippen LogP contribution in [0.2, 0.25) is 0 Å². The van der Waals surface area contributed by atoms with E-state index in [0.717, 1.165) is 0 Å². The van der Waals surface area contributed by atoms with E-state index in [-0.39, 0.29) is 5.44 Å². The molecule has 0 atom stereocenters. The molecular formula is C3H8B2N. The van der Waals surface area contributed by atoms with Crippen LogP contribution in [0.4, 0.5) is 0 Å². The van der Waals surface area contributed by atoms with Crippen LogP contribution in [0.1, 0.15) is 13.8 Å². The van der Waals surface area contributed by atoms with Crippen molar-refractivity contribution in [2.24, 2.45) is 5.73 Å². The molecule has 31 valence electrons. The highest BCUT2D eigenvalue weighted by molar-refractivity contribution is 6.91. The summed E-state index contributed by atoms with van der Waals surface area (Å²) >= 11 is 0. The summed E-state index contributed by atoms with van der Waals surface area (Å²) in [5.74, 6) is 0. The third kappa shape index (κ3) is 4.09. The average molecular weight is 79.7 g/mol. The zero-order valence-corrected chi connectivity index (χ0v) is 4.23. The van der Waals surface area contributed by atoms with Crippen molar-refractivity contribution in [2.75, 3.05) is 0 Å². The van der Waals surface area contributed by atoms with Crippen LogP contribution in [0.5, 0.6) is 0 Å². The van der Waals surface area contributed by atoms with E-state index in [1.807, 2.05) is 13.8 Å². The second kappa shape index (κ2) is 1.69. The highest BCUT2D eigenvalue weighted by Gasteiger charge is 2.04. The molecule has 0 aromatic carbocycles. The number of nitrogens with two attached hydrogens (primary N) is 1. The van der Waals surface area contributed by atoms with Gasteiger partial charge in [0, 0.05) is 7.74 Å². The van der Waals surface area contributed by atoms with Gasteiger partial charge in [0.1, 0.15) is 0 Å². The van der Waals surface area contributed by atoms with E-state index in [9.17, 15) is 0 Å². The van der Waals surface area contributed by atoms with Crippen molar-refractivity contribution in [1.82, 2.24) is 0 Å². The van der Waals surface area contributed by atoms with Gasteiger partial charge in [0.15, 0.2) is 0 Å². The third-order valence-electron chi connectivity index (χ3n) is 0.430. The van der Waals surface area contributed by atoms with Gasteiger partial charge in [-0.05, 0) is 5.44 Å². The Balaban J connectivity index is 3.17. The zero-order chi connectivity index (χ0) is 5.21. The van der Waals surface area contributed by atoms with Crippen molar-refractivity contribution in [1.29, 1.82) is 0 Å². The largest absolute Gasteiger partial charge is 0.334 e. The van der Waals surface area contributed by atoms with Gasteiger partial charge in [-0.1, -0.05) is 13.8 Å². The molecule has 0 fully saturated rings. The van der Waals surface area contributed by atoms with E-state index in [4.69, 9.17) is 13.5 Å². The minimum atomic E-state index is -0.306. The summed E-state index contributed by atoms with van der Waals surface area (Å²) in [5.41, 5.74) is 5.05. The molecule has 3 heteroatoms. The zero-order valence-electron chi connectivity index (χ0n) is 4.23. The molecule has 6 heavy (non-hydrogen) atoms. The molecule has 0 unspecified atom stereocenters. The van der Waals surface area contributed by atoms with Crippen molar-refractivity contribution >= 4 is 14.9 Å². The summed E-state index contributed by atoms with van der Waals surface area (Å²) in [6.45, 7) is 3.68. The molecule has 0 aliphatic heterocycles. The Bertz CT molecular complexity index is 38.5. The smallest absolute Gasteiger partial charge is 0.0809 e. The fourth-order valence-corrected chi connectivity index (χ4v) is 0. The second-order valence-corrected chi connectivity index (χ2v) is 1.99. The van der Waals surface area contributed by atoms with Crippen LogP contribution in [-0.4, -0.2) is 20.3 Å². The van der Waals surface area contributed by atoms with Crippen LogP contribution in [-0.2, 0) is 0 Å². The number of hydrogen-bond donors (Lipinski definition) is 1. The van der Waals surface area contributed by atoms with Crippen molar-refractivity contribution in [3.63, 3.8) is 0 Å². The highest BCUT2D eigenvalue weighted by atomic mass is 14.6. The second-order valence-electron chi connectivity index (χ2n) is 1.99. The summed E-state index contributed by atoms with van der Waals surface area (Å²) in [7, 11) is 6.52. The highest BCUT2D eigenvalue weighted by Crippen LogP contribution is 1.86. The van der Waals surface area contributed by atoms with Crippen molar-refractivity contribution in [2.45, 2.75) is 19.3 Å². The Kier molecular flexibility index (Phi) is 1.72. The van der Waals surface area contributed by atoms with E-state index < -0.39 is 0 Å². The summed E-state index contributed by atoms with van der Waals surface area (Å²) < 4.78 is 0. The molecule has 3 radical (unpaired) electrons. The normalized spacial score (nSPS) is 11.2. The predicted molar refractivity (Wildman–Crippen MR) is 29.8 cm³/mol. The molecule has 0 aromatic heterocycles. The minimum Gasteiger partial charge on any atom is -0.334 e. The first-order chi connectivity index (χ1) is 2.56. The molecule has 1 nitrogen and oxygen atoms in total. The van der Waals surface area contributed by atoms with Crippen LogP contribution >= 0.6 is 0 Å². The number of rotatable bonds is 1. The topological polar surface area (TPSA) is 26.0 Å². The average Bonchev–Trinajstić information content (AvgIpc) is 1.35. The molecule has 0 saturated carbocycles. The maximum absolute atomic E-state index is 5.35. The van der Waals surface area contributed by atoms with Gasteiger partial charge in [0.2, 0.25) is 0 Å². The first-order valence-corrected chi connectivity index (χ1v) is 1.91. The summed E-state index contributed by atoms with van der Waals surface area (Å²) in [4.78, 5) is 0. The lowest BCUT2D eigenvalue weighted by Gasteiger charge is -2.13. The van der Waals surface area contributed by atoms with E-state index >= 15 is 0 Å². The maximum atomic E-state index is 5.35. The lowest BCUT2D eigenvalue weighted by molar-refractivity contribution is 0.737. The van der Waals surface area contributed by atoms with Crippen LogP contribution in [0.15, 0.2) is 0 Å². The van der Waals surface area contributed by atoms with Gasteiger partial charge in [-0.2, -0.15) is 0 Å². The summed E-state index contributed by atoms with van der Waals surface area (Å²) in [6, 6.07) is 0. The molecule has 0 amide bonds. The first kappa shape index (κ1) is 6.09. The Morgan fingerprint density at radius 3 is 1.83 bits per heavy atom. The van der Waals surface area contributed by atoms with Gasteiger partial charge in [-0.25, -0.2) is 0 Å². The summed E-state index contributed by atoms with van der Waals surface area (Å²) in [6.07, 6.45) is 0. The van der Waals surface area contributed by atoms with Gasteiger partial charge in [0.25, 0.3) is 0 Å². The van der Waals surface area contributed by atoms with Gasteiger partial charge < -0.3 is 5.73 Å². The van der Waals surface area contributed by atoms with Gasteiger partial charge in [-0.3, -0.25) is 0 Å². The van der Waals surface area contributed by atoms with Gasteiger partial charge in [0.05, 0.1) is 7.17 Å². The Hall–Kier alpha value is 0.0899. The third-order valence-corrected chi connectivity index (χ3v) is 0.430. The van der Waals surface area contributed by atoms with Crippen molar-refractivity contribution in [3.8, 4) is 0 Å². The van der Waals surface area contributed by atoms with Gasteiger partial charge in [-0.15, -0.1) is 0 Å². The fraction of sp³-hybridized carbons (Fsp3) is 1.00. The standard InChI is InChI=1S/C3H8B2N/c1-3(2,6)5-4/h6H2,1-2H3. The fourth-order valence-electron chi connectivity index (χ4n) is 0. The molecule has 0 aliphatic rings. The maximum Gasteiger partial charge on any atom is 0.0809 e. The van der Waals surface area contributed by atoms with Crippen LogP contribution in [0.25, 0.3) is 0 Å². The molecule has 0 aromatic rings.